The molecule has 0 spiro atoms. The zero-order valence-electron chi connectivity index (χ0n) is 18.0. The first-order chi connectivity index (χ1) is 13.6. The highest BCUT2D eigenvalue weighted by molar-refractivity contribution is 5.89. The second-order valence-corrected chi connectivity index (χ2v) is 8.80. The van der Waals surface area contributed by atoms with E-state index in [0.717, 1.165) is 52.2 Å². The van der Waals surface area contributed by atoms with Crippen molar-refractivity contribution in [1.82, 2.24) is 9.72 Å². The van der Waals surface area contributed by atoms with E-state index in [2.05, 4.69) is 35.7 Å². The SMILES string of the molecule is Cc1noc(C)c1-c1c(-c2ccc(O)cc2)c(CCC(C)(C)C)n(C)c1CN=O. The minimum atomic E-state index is 0.0660. The smallest absolute Gasteiger partial charge is 0.141 e. The fourth-order valence-electron chi connectivity index (χ4n) is 3.87. The summed E-state index contributed by atoms with van der Waals surface area (Å²) in [4.78, 5) is 11.3. The Labute approximate surface area is 171 Å². The number of phenolic OH excluding ortho intramolecular Hbond substituents is 1. The largest absolute Gasteiger partial charge is 0.508 e. The van der Waals surface area contributed by atoms with Crippen molar-refractivity contribution in [2.45, 2.75) is 54.0 Å². The summed E-state index contributed by atoms with van der Waals surface area (Å²) in [5.41, 5.74) is 6.81. The molecule has 29 heavy (non-hydrogen) atoms. The average molecular weight is 396 g/mol. The highest BCUT2D eigenvalue weighted by Crippen LogP contribution is 2.44. The van der Waals surface area contributed by atoms with Crippen molar-refractivity contribution >= 4 is 0 Å². The van der Waals surface area contributed by atoms with Crippen LogP contribution in [0.4, 0.5) is 0 Å². The van der Waals surface area contributed by atoms with Crippen molar-refractivity contribution in [2.24, 2.45) is 17.6 Å². The topological polar surface area (TPSA) is 80.6 Å². The fraction of sp³-hybridized carbons (Fsp3) is 0.435. The van der Waals surface area contributed by atoms with Crippen LogP contribution in [0.2, 0.25) is 0 Å². The van der Waals surface area contributed by atoms with Crippen LogP contribution in [0.1, 0.15) is 50.0 Å². The molecule has 0 saturated heterocycles. The molecule has 0 bridgehead atoms. The molecule has 0 atom stereocenters. The number of rotatable bonds is 6. The molecule has 2 aromatic heterocycles. The Morgan fingerprint density at radius 1 is 1.07 bits per heavy atom. The molecule has 6 nitrogen and oxygen atoms in total. The van der Waals surface area contributed by atoms with Gasteiger partial charge in [-0.1, -0.05) is 43.2 Å². The van der Waals surface area contributed by atoms with Crippen LogP contribution in [0.5, 0.6) is 5.75 Å². The van der Waals surface area contributed by atoms with Gasteiger partial charge in [-0.15, -0.1) is 0 Å². The number of hydrogen-bond donors (Lipinski definition) is 1. The van der Waals surface area contributed by atoms with Crippen molar-refractivity contribution in [3.8, 4) is 28.0 Å². The Hall–Kier alpha value is -2.89. The molecule has 3 rings (SSSR count). The molecule has 1 N–H and O–H groups in total. The number of aryl methyl sites for hydroxylation is 2. The van der Waals surface area contributed by atoms with Gasteiger partial charge in [0.2, 0.25) is 0 Å². The summed E-state index contributed by atoms with van der Waals surface area (Å²) in [6.45, 7) is 10.5. The minimum absolute atomic E-state index is 0.0660. The van der Waals surface area contributed by atoms with Crippen LogP contribution >= 0.6 is 0 Å². The summed E-state index contributed by atoms with van der Waals surface area (Å²) in [5.74, 6) is 0.928. The summed E-state index contributed by atoms with van der Waals surface area (Å²) in [7, 11) is 1.99. The van der Waals surface area contributed by atoms with E-state index in [1.807, 2.05) is 33.0 Å². The lowest BCUT2D eigenvalue weighted by molar-refractivity contribution is 0.374. The van der Waals surface area contributed by atoms with E-state index in [0.29, 0.717) is 5.76 Å². The highest BCUT2D eigenvalue weighted by Gasteiger charge is 2.28. The maximum Gasteiger partial charge on any atom is 0.141 e. The van der Waals surface area contributed by atoms with Crippen LogP contribution in [0.3, 0.4) is 0 Å². The summed E-state index contributed by atoms with van der Waals surface area (Å²) < 4.78 is 7.54. The van der Waals surface area contributed by atoms with E-state index in [4.69, 9.17) is 4.52 Å². The van der Waals surface area contributed by atoms with E-state index < -0.39 is 0 Å². The predicted molar refractivity (Wildman–Crippen MR) is 115 cm³/mol. The lowest BCUT2D eigenvalue weighted by Gasteiger charge is -2.19. The summed E-state index contributed by atoms with van der Waals surface area (Å²) in [5, 5.41) is 17.1. The van der Waals surface area contributed by atoms with Gasteiger partial charge in [0.15, 0.2) is 0 Å². The monoisotopic (exact) mass is 395 g/mol. The molecule has 0 saturated carbocycles. The second-order valence-electron chi connectivity index (χ2n) is 8.80. The van der Waals surface area contributed by atoms with Gasteiger partial charge in [0.05, 0.1) is 11.4 Å². The lowest BCUT2D eigenvalue weighted by atomic mass is 9.87. The van der Waals surface area contributed by atoms with Crippen LogP contribution in [-0.2, 0) is 20.0 Å². The molecule has 1 aromatic carbocycles. The molecule has 0 aliphatic rings. The molecule has 6 heteroatoms. The Bertz CT molecular complexity index is 1000. The third-order valence-corrected chi connectivity index (χ3v) is 5.40. The third kappa shape index (κ3) is 4.11. The molecular weight excluding hydrogens is 366 g/mol. The molecule has 0 unspecified atom stereocenters. The van der Waals surface area contributed by atoms with E-state index >= 15 is 0 Å². The number of benzene rings is 1. The zero-order valence-corrected chi connectivity index (χ0v) is 18.0. The van der Waals surface area contributed by atoms with Gasteiger partial charge in [-0.25, -0.2) is 0 Å². The quantitative estimate of drug-likeness (QED) is 0.526. The van der Waals surface area contributed by atoms with Gasteiger partial charge >= 0.3 is 0 Å². The van der Waals surface area contributed by atoms with E-state index in [1.165, 1.54) is 0 Å². The van der Waals surface area contributed by atoms with Crippen LogP contribution in [0.25, 0.3) is 22.3 Å². The number of phenols is 1. The first-order valence-electron chi connectivity index (χ1n) is 9.86. The van der Waals surface area contributed by atoms with Gasteiger partial charge in [0.25, 0.3) is 0 Å². The number of aromatic hydroxyl groups is 1. The average Bonchev–Trinajstić information content (AvgIpc) is 3.10. The van der Waals surface area contributed by atoms with E-state index in [1.54, 1.807) is 12.1 Å². The molecular formula is C23H29N3O3. The van der Waals surface area contributed by atoms with Crippen LogP contribution in [0.15, 0.2) is 34.0 Å². The molecule has 0 fully saturated rings. The van der Waals surface area contributed by atoms with E-state index in [9.17, 15) is 10.0 Å². The van der Waals surface area contributed by atoms with Crippen molar-refractivity contribution in [2.75, 3.05) is 0 Å². The molecule has 2 heterocycles. The van der Waals surface area contributed by atoms with Crippen molar-refractivity contribution in [3.05, 3.63) is 52.0 Å². The Morgan fingerprint density at radius 3 is 2.24 bits per heavy atom. The molecule has 154 valence electrons. The van der Waals surface area contributed by atoms with Gasteiger partial charge in [-0.05, 0) is 49.8 Å². The molecule has 0 aliphatic carbocycles. The van der Waals surface area contributed by atoms with Crippen LogP contribution < -0.4 is 0 Å². The van der Waals surface area contributed by atoms with Gasteiger partial charge in [0, 0.05) is 29.4 Å². The van der Waals surface area contributed by atoms with Crippen LogP contribution in [-0.4, -0.2) is 14.8 Å². The Balaban J connectivity index is 2.35. The predicted octanol–water partition coefficient (Wildman–Crippen LogP) is 5.91. The molecule has 0 radical (unpaired) electrons. The second kappa shape index (κ2) is 7.85. The molecule has 3 aromatic rings. The van der Waals surface area contributed by atoms with Crippen LogP contribution in [0, 0.1) is 24.2 Å². The lowest BCUT2D eigenvalue weighted by Crippen LogP contribution is -2.09. The maximum atomic E-state index is 11.3. The Kier molecular flexibility index (Phi) is 5.64. The summed E-state index contributed by atoms with van der Waals surface area (Å²) >= 11 is 0. The number of nitroso groups, excluding NO2 is 1. The number of hydrogen-bond acceptors (Lipinski definition) is 5. The number of nitrogens with zero attached hydrogens (tertiary/aromatic N) is 3. The Morgan fingerprint density at radius 2 is 1.72 bits per heavy atom. The third-order valence-electron chi connectivity index (χ3n) is 5.40. The van der Waals surface area contributed by atoms with Gasteiger partial charge in [0.1, 0.15) is 18.1 Å². The number of aromatic nitrogens is 2. The first kappa shape index (κ1) is 20.8. The summed E-state index contributed by atoms with van der Waals surface area (Å²) in [6.07, 6.45) is 1.84. The standard InChI is InChI=1S/C23H29N3O3/c1-14-20(15(2)29-25-14)22-19(13-24-28)26(6)18(11-12-23(3,4)5)21(22)16-7-9-17(27)10-8-16/h7-10,27H,11-13H2,1-6H3. The van der Waals surface area contributed by atoms with Gasteiger partial charge < -0.3 is 14.2 Å². The van der Waals surface area contributed by atoms with Crippen molar-refractivity contribution in [3.63, 3.8) is 0 Å². The van der Waals surface area contributed by atoms with Crippen molar-refractivity contribution < 1.29 is 9.63 Å². The van der Waals surface area contributed by atoms with Gasteiger partial charge in [-0.3, -0.25) is 0 Å². The van der Waals surface area contributed by atoms with Crippen molar-refractivity contribution in [1.29, 1.82) is 0 Å². The fourth-order valence-corrected chi connectivity index (χ4v) is 3.87. The normalized spacial score (nSPS) is 11.8. The summed E-state index contributed by atoms with van der Waals surface area (Å²) in [6, 6.07) is 7.19. The molecule has 0 amide bonds. The van der Waals surface area contributed by atoms with Gasteiger partial charge in [-0.2, -0.15) is 4.91 Å². The zero-order chi connectivity index (χ0) is 21.3. The van der Waals surface area contributed by atoms with E-state index in [-0.39, 0.29) is 17.7 Å². The minimum Gasteiger partial charge on any atom is -0.508 e. The maximum absolute atomic E-state index is 11.3. The molecule has 0 aliphatic heterocycles. The first-order valence-corrected chi connectivity index (χ1v) is 9.86. The highest BCUT2D eigenvalue weighted by atomic mass is 16.5.